The summed E-state index contributed by atoms with van der Waals surface area (Å²) >= 11 is 0. The van der Waals surface area contributed by atoms with Crippen molar-refractivity contribution < 1.29 is 4.42 Å². The maximum Gasteiger partial charge on any atom is 0.213 e. The number of aromatic nitrogens is 4. The molecule has 0 atom stereocenters. The van der Waals surface area contributed by atoms with Gasteiger partial charge in [-0.25, -0.2) is 15.0 Å². The second-order valence-corrected chi connectivity index (χ2v) is 7.14. The number of nitrogens with zero attached hydrogens (tertiary/aromatic N) is 5. The standard InChI is InChI=1S/C19H25N7O.HI/c1-19(2,3)15-11-23-17(27-15)12-25-18(20-4)24-10-14-5-6-22-16(9-14)26-8-7-21-13-26;/h5-9,11,13H,10,12H2,1-4H3,(H2,20,24,25);1H. The van der Waals surface area contributed by atoms with Crippen LogP contribution in [0.1, 0.15) is 38.0 Å². The molecule has 9 heteroatoms. The Kier molecular flexibility index (Phi) is 7.55. The molecule has 0 aliphatic heterocycles. The van der Waals surface area contributed by atoms with Gasteiger partial charge in [-0.3, -0.25) is 9.56 Å². The highest BCUT2D eigenvalue weighted by Crippen LogP contribution is 2.22. The number of guanidine groups is 1. The predicted octanol–water partition coefficient (Wildman–Crippen LogP) is 3.04. The lowest BCUT2D eigenvalue weighted by Crippen LogP contribution is -2.36. The van der Waals surface area contributed by atoms with E-state index >= 15 is 0 Å². The first-order valence-electron chi connectivity index (χ1n) is 8.78. The van der Waals surface area contributed by atoms with Crippen LogP contribution in [0.25, 0.3) is 5.82 Å². The molecular formula is C19H26IN7O. The van der Waals surface area contributed by atoms with Gasteiger partial charge in [0.2, 0.25) is 5.89 Å². The summed E-state index contributed by atoms with van der Waals surface area (Å²) in [6.07, 6.45) is 8.88. The van der Waals surface area contributed by atoms with E-state index in [9.17, 15) is 0 Å². The number of oxazole rings is 1. The lowest BCUT2D eigenvalue weighted by atomic mass is 9.94. The zero-order valence-electron chi connectivity index (χ0n) is 16.5. The van der Waals surface area contributed by atoms with Gasteiger partial charge in [-0.15, -0.1) is 24.0 Å². The number of rotatable bonds is 5. The van der Waals surface area contributed by atoms with Crippen molar-refractivity contribution in [1.82, 2.24) is 30.2 Å². The minimum Gasteiger partial charge on any atom is -0.443 e. The van der Waals surface area contributed by atoms with Crippen molar-refractivity contribution in [2.24, 2.45) is 4.99 Å². The lowest BCUT2D eigenvalue weighted by molar-refractivity contribution is 0.379. The van der Waals surface area contributed by atoms with Gasteiger partial charge in [0.25, 0.3) is 0 Å². The topological polar surface area (TPSA) is 93.2 Å². The van der Waals surface area contributed by atoms with Crippen LogP contribution in [-0.2, 0) is 18.5 Å². The zero-order chi connectivity index (χ0) is 19.3. The molecule has 2 N–H and O–H groups in total. The number of imidazole rings is 1. The molecule has 0 saturated heterocycles. The van der Waals surface area contributed by atoms with E-state index in [0.717, 1.165) is 17.1 Å². The van der Waals surface area contributed by atoms with E-state index < -0.39 is 0 Å². The van der Waals surface area contributed by atoms with Gasteiger partial charge >= 0.3 is 0 Å². The van der Waals surface area contributed by atoms with Crippen molar-refractivity contribution >= 4 is 29.9 Å². The summed E-state index contributed by atoms with van der Waals surface area (Å²) in [5, 5.41) is 6.50. The monoisotopic (exact) mass is 495 g/mol. The van der Waals surface area contributed by atoms with Crippen LogP contribution in [0.5, 0.6) is 0 Å². The van der Waals surface area contributed by atoms with E-state index in [1.165, 1.54) is 0 Å². The smallest absolute Gasteiger partial charge is 0.213 e. The molecule has 0 aliphatic carbocycles. The highest BCUT2D eigenvalue weighted by atomic mass is 127. The highest BCUT2D eigenvalue weighted by Gasteiger charge is 2.19. The molecule has 150 valence electrons. The van der Waals surface area contributed by atoms with Crippen LogP contribution in [0, 0.1) is 0 Å². The SMILES string of the molecule is CN=C(NCc1ccnc(-n2ccnc2)c1)NCc1ncc(C(C)(C)C)o1.I. The first kappa shape index (κ1) is 21.9. The molecular weight excluding hydrogens is 469 g/mol. The second kappa shape index (κ2) is 9.67. The first-order valence-corrected chi connectivity index (χ1v) is 8.78. The van der Waals surface area contributed by atoms with E-state index in [4.69, 9.17) is 4.42 Å². The Hall–Kier alpha value is -2.43. The molecule has 3 heterocycles. The number of nitrogens with one attached hydrogen (secondary N) is 2. The van der Waals surface area contributed by atoms with Gasteiger partial charge in [0.15, 0.2) is 5.96 Å². The normalized spacial score (nSPS) is 11.8. The molecule has 0 unspecified atom stereocenters. The second-order valence-electron chi connectivity index (χ2n) is 7.14. The maximum absolute atomic E-state index is 5.79. The Morgan fingerprint density at radius 3 is 2.61 bits per heavy atom. The Balaban J connectivity index is 0.00000280. The molecule has 28 heavy (non-hydrogen) atoms. The third-order valence-corrected chi connectivity index (χ3v) is 3.96. The molecule has 8 nitrogen and oxygen atoms in total. The number of pyridine rings is 1. The fourth-order valence-electron chi connectivity index (χ4n) is 2.41. The molecule has 0 spiro atoms. The van der Waals surface area contributed by atoms with Gasteiger partial charge < -0.3 is 15.1 Å². The summed E-state index contributed by atoms with van der Waals surface area (Å²) in [5.41, 5.74) is 1.03. The molecule has 0 radical (unpaired) electrons. The van der Waals surface area contributed by atoms with Crippen molar-refractivity contribution in [2.45, 2.75) is 39.3 Å². The maximum atomic E-state index is 5.79. The number of hydrogen-bond acceptors (Lipinski definition) is 5. The van der Waals surface area contributed by atoms with Crippen molar-refractivity contribution in [2.75, 3.05) is 7.05 Å². The molecule has 0 aliphatic rings. The molecule has 0 bridgehead atoms. The van der Waals surface area contributed by atoms with Crippen molar-refractivity contribution in [3.05, 3.63) is 60.5 Å². The summed E-state index contributed by atoms with van der Waals surface area (Å²) in [6, 6.07) is 3.97. The summed E-state index contributed by atoms with van der Waals surface area (Å²) < 4.78 is 7.66. The number of halogens is 1. The lowest BCUT2D eigenvalue weighted by Gasteiger charge is -2.13. The predicted molar refractivity (Wildman–Crippen MR) is 119 cm³/mol. The Morgan fingerprint density at radius 1 is 1.18 bits per heavy atom. The van der Waals surface area contributed by atoms with Crippen LogP contribution in [-0.4, -0.2) is 32.5 Å². The fraction of sp³-hybridized carbons (Fsp3) is 0.368. The van der Waals surface area contributed by atoms with Gasteiger partial charge in [-0.2, -0.15) is 0 Å². The average Bonchev–Trinajstić information content (AvgIpc) is 3.34. The van der Waals surface area contributed by atoms with E-state index in [1.807, 2.05) is 22.9 Å². The summed E-state index contributed by atoms with van der Waals surface area (Å²) in [6.45, 7) is 7.36. The third kappa shape index (κ3) is 5.78. The number of hydrogen-bond donors (Lipinski definition) is 2. The van der Waals surface area contributed by atoms with Gasteiger partial charge in [0.05, 0.1) is 12.7 Å². The molecule has 0 fully saturated rings. The van der Waals surface area contributed by atoms with E-state index in [-0.39, 0.29) is 29.4 Å². The summed E-state index contributed by atoms with van der Waals surface area (Å²) in [5.74, 6) is 3.00. The zero-order valence-corrected chi connectivity index (χ0v) is 18.8. The van der Waals surface area contributed by atoms with Crippen molar-refractivity contribution in [3.63, 3.8) is 0 Å². The van der Waals surface area contributed by atoms with Gasteiger partial charge in [-0.1, -0.05) is 20.8 Å². The Morgan fingerprint density at radius 2 is 1.96 bits per heavy atom. The first-order chi connectivity index (χ1) is 13.0. The molecule has 0 saturated carbocycles. The van der Waals surface area contributed by atoms with E-state index in [2.05, 4.69) is 51.3 Å². The van der Waals surface area contributed by atoms with Crippen molar-refractivity contribution in [1.29, 1.82) is 0 Å². The van der Waals surface area contributed by atoms with Crippen LogP contribution >= 0.6 is 24.0 Å². The minimum atomic E-state index is -0.0561. The average molecular weight is 495 g/mol. The quantitative estimate of drug-likeness (QED) is 0.321. The van der Waals surface area contributed by atoms with Crippen molar-refractivity contribution in [3.8, 4) is 5.82 Å². The Labute approximate surface area is 181 Å². The van der Waals surface area contributed by atoms with Crippen LogP contribution in [0.15, 0.2) is 52.7 Å². The largest absolute Gasteiger partial charge is 0.443 e. The third-order valence-electron chi connectivity index (χ3n) is 3.96. The number of aliphatic imine (C=N–C) groups is 1. The van der Waals surface area contributed by atoms with Crippen LogP contribution in [0.2, 0.25) is 0 Å². The Bertz CT molecular complexity index is 897. The summed E-state index contributed by atoms with van der Waals surface area (Å²) in [7, 11) is 1.73. The minimum absolute atomic E-state index is 0. The summed E-state index contributed by atoms with van der Waals surface area (Å²) in [4.78, 5) is 17.0. The van der Waals surface area contributed by atoms with E-state index in [1.54, 1.807) is 32.0 Å². The molecule has 0 aromatic carbocycles. The fourth-order valence-corrected chi connectivity index (χ4v) is 2.41. The van der Waals surface area contributed by atoms with Gasteiger partial charge in [0.1, 0.15) is 17.9 Å². The van der Waals surface area contributed by atoms with E-state index in [0.29, 0.717) is 24.9 Å². The molecule has 0 amide bonds. The van der Waals surface area contributed by atoms with Crippen LogP contribution in [0.4, 0.5) is 0 Å². The molecule has 3 rings (SSSR count). The molecule has 3 aromatic rings. The van der Waals surface area contributed by atoms with Gasteiger partial charge in [-0.05, 0) is 17.7 Å². The highest BCUT2D eigenvalue weighted by molar-refractivity contribution is 14.0. The van der Waals surface area contributed by atoms with Crippen LogP contribution in [0.3, 0.4) is 0 Å². The molecule has 3 aromatic heterocycles. The van der Waals surface area contributed by atoms with Gasteiger partial charge in [0, 0.05) is 37.6 Å². The van der Waals surface area contributed by atoms with Crippen LogP contribution < -0.4 is 10.6 Å².